The van der Waals surface area contributed by atoms with Gasteiger partial charge in [-0.2, -0.15) is 5.10 Å². The molecule has 1 heterocycles. The molecule has 0 aliphatic heterocycles. The smallest absolute Gasteiger partial charge is 0.257 e. The molecule has 21 heavy (non-hydrogen) atoms. The second-order valence-electron chi connectivity index (χ2n) is 4.81. The fourth-order valence-corrected chi connectivity index (χ4v) is 2.02. The van der Waals surface area contributed by atoms with E-state index < -0.39 is 0 Å². The summed E-state index contributed by atoms with van der Waals surface area (Å²) in [5, 5.41) is 7.06. The van der Waals surface area contributed by atoms with Gasteiger partial charge in [0, 0.05) is 18.8 Å². The van der Waals surface area contributed by atoms with Gasteiger partial charge >= 0.3 is 0 Å². The van der Waals surface area contributed by atoms with Crippen molar-refractivity contribution in [3.05, 3.63) is 46.8 Å². The van der Waals surface area contributed by atoms with E-state index in [1.165, 1.54) is 0 Å². The molecular formula is C16H18N4O. The lowest BCUT2D eigenvalue weighted by Gasteiger charge is -2.07. The fourth-order valence-electron chi connectivity index (χ4n) is 2.02. The molecule has 0 bridgehead atoms. The number of nitrogens with one attached hydrogen (secondary N) is 1. The standard InChI is InChI=1S/C16H18N4O/c1-11-6-7-14(13(9-11)5-4-8-17)16(21)18-15-10-20(3)19-12(15)2/h6-7,9-10H,8,17H2,1-3H3,(H,18,21). The largest absolute Gasteiger partial charge is 0.320 e. The fraction of sp³-hybridized carbons (Fsp3) is 0.250. The van der Waals surface area contributed by atoms with Gasteiger partial charge < -0.3 is 11.1 Å². The molecule has 0 saturated heterocycles. The summed E-state index contributed by atoms with van der Waals surface area (Å²) < 4.78 is 1.66. The Bertz CT molecular complexity index is 734. The Morgan fingerprint density at radius 3 is 2.81 bits per heavy atom. The number of nitrogens with two attached hydrogens (primary N) is 1. The number of aromatic nitrogens is 2. The van der Waals surface area contributed by atoms with Crippen molar-refractivity contribution in [1.82, 2.24) is 9.78 Å². The van der Waals surface area contributed by atoms with Gasteiger partial charge in [0.25, 0.3) is 5.91 Å². The van der Waals surface area contributed by atoms with Crippen LogP contribution in [0.3, 0.4) is 0 Å². The molecule has 0 radical (unpaired) electrons. The van der Waals surface area contributed by atoms with Gasteiger partial charge in [-0.1, -0.05) is 17.9 Å². The van der Waals surface area contributed by atoms with Crippen molar-refractivity contribution in [1.29, 1.82) is 0 Å². The third kappa shape index (κ3) is 3.50. The van der Waals surface area contributed by atoms with Gasteiger partial charge in [0.2, 0.25) is 0 Å². The topological polar surface area (TPSA) is 72.9 Å². The highest BCUT2D eigenvalue weighted by Crippen LogP contribution is 2.16. The molecule has 0 spiro atoms. The molecule has 2 rings (SSSR count). The number of nitrogens with zero attached hydrogens (tertiary/aromatic N) is 2. The molecule has 0 unspecified atom stereocenters. The molecule has 0 aliphatic carbocycles. The Labute approximate surface area is 124 Å². The number of anilines is 1. The van der Waals surface area contributed by atoms with Crippen LogP contribution in [0.5, 0.6) is 0 Å². The summed E-state index contributed by atoms with van der Waals surface area (Å²) in [7, 11) is 1.81. The molecule has 1 aromatic heterocycles. The van der Waals surface area contributed by atoms with Crippen LogP contribution in [0.4, 0.5) is 5.69 Å². The summed E-state index contributed by atoms with van der Waals surface area (Å²) in [4.78, 5) is 12.4. The molecule has 2 aromatic rings. The van der Waals surface area contributed by atoms with Gasteiger partial charge in [-0.15, -0.1) is 0 Å². The summed E-state index contributed by atoms with van der Waals surface area (Å²) >= 11 is 0. The van der Waals surface area contributed by atoms with Crippen molar-refractivity contribution in [2.24, 2.45) is 12.8 Å². The Kier molecular flexibility index (Phi) is 4.41. The molecule has 0 aliphatic rings. The average molecular weight is 282 g/mol. The zero-order chi connectivity index (χ0) is 15.4. The predicted molar refractivity (Wildman–Crippen MR) is 83.0 cm³/mol. The first-order valence-electron chi connectivity index (χ1n) is 6.62. The van der Waals surface area contributed by atoms with E-state index in [0.717, 1.165) is 11.3 Å². The number of amides is 1. The number of carbonyl (C=O) groups excluding carboxylic acids is 1. The SMILES string of the molecule is Cc1ccc(C(=O)Nc2cn(C)nc2C)c(C#CCN)c1. The second kappa shape index (κ2) is 6.25. The van der Waals surface area contributed by atoms with E-state index in [-0.39, 0.29) is 12.5 Å². The summed E-state index contributed by atoms with van der Waals surface area (Å²) in [5.41, 5.74) is 9.13. The zero-order valence-electron chi connectivity index (χ0n) is 12.4. The van der Waals surface area contributed by atoms with E-state index in [9.17, 15) is 4.79 Å². The van der Waals surface area contributed by atoms with E-state index in [1.807, 2.05) is 33.0 Å². The monoisotopic (exact) mass is 282 g/mol. The van der Waals surface area contributed by atoms with Crippen LogP contribution in [0.1, 0.15) is 27.2 Å². The van der Waals surface area contributed by atoms with Crippen molar-refractivity contribution in [3.63, 3.8) is 0 Å². The maximum absolute atomic E-state index is 12.4. The third-order valence-corrected chi connectivity index (χ3v) is 3.01. The lowest BCUT2D eigenvalue weighted by atomic mass is 10.0. The van der Waals surface area contributed by atoms with Gasteiger partial charge in [-0.25, -0.2) is 0 Å². The first-order chi connectivity index (χ1) is 10.0. The van der Waals surface area contributed by atoms with Crippen LogP contribution in [-0.2, 0) is 7.05 Å². The maximum atomic E-state index is 12.4. The van der Waals surface area contributed by atoms with Crippen molar-refractivity contribution in [2.75, 3.05) is 11.9 Å². The molecule has 0 fully saturated rings. The molecule has 5 heteroatoms. The van der Waals surface area contributed by atoms with Crippen LogP contribution in [0.25, 0.3) is 0 Å². The van der Waals surface area contributed by atoms with E-state index in [1.54, 1.807) is 16.9 Å². The summed E-state index contributed by atoms with van der Waals surface area (Å²) in [5.74, 6) is 5.53. The molecule has 5 nitrogen and oxygen atoms in total. The van der Waals surface area contributed by atoms with Crippen molar-refractivity contribution >= 4 is 11.6 Å². The molecule has 3 N–H and O–H groups in total. The minimum absolute atomic E-state index is 0.201. The van der Waals surface area contributed by atoms with Crippen molar-refractivity contribution < 1.29 is 4.79 Å². The lowest BCUT2D eigenvalue weighted by molar-refractivity contribution is 0.102. The van der Waals surface area contributed by atoms with Gasteiger partial charge in [-0.05, 0) is 31.5 Å². The van der Waals surface area contributed by atoms with Gasteiger partial charge in [0.15, 0.2) is 0 Å². The number of aryl methyl sites for hydroxylation is 3. The Morgan fingerprint density at radius 2 is 2.19 bits per heavy atom. The predicted octanol–water partition coefficient (Wildman–Crippen LogP) is 1.60. The first kappa shape index (κ1) is 14.8. The highest BCUT2D eigenvalue weighted by Gasteiger charge is 2.13. The lowest BCUT2D eigenvalue weighted by Crippen LogP contribution is -2.14. The number of hydrogen-bond acceptors (Lipinski definition) is 3. The van der Waals surface area contributed by atoms with E-state index in [0.29, 0.717) is 16.8 Å². The number of benzene rings is 1. The maximum Gasteiger partial charge on any atom is 0.257 e. The summed E-state index contributed by atoms with van der Waals surface area (Å²) in [6.45, 7) is 4.07. The highest BCUT2D eigenvalue weighted by atomic mass is 16.1. The molecule has 0 saturated carbocycles. The number of carbonyl (C=O) groups is 1. The van der Waals surface area contributed by atoms with Crippen LogP contribution < -0.4 is 11.1 Å². The minimum atomic E-state index is -0.201. The first-order valence-corrected chi connectivity index (χ1v) is 6.62. The molecule has 108 valence electrons. The van der Waals surface area contributed by atoms with Gasteiger partial charge in [-0.3, -0.25) is 9.48 Å². The second-order valence-corrected chi connectivity index (χ2v) is 4.81. The quantitative estimate of drug-likeness (QED) is 0.822. The minimum Gasteiger partial charge on any atom is -0.320 e. The van der Waals surface area contributed by atoms with E-state index in [2.05, 4.69) is 22.3 Å². The van der Waals surface area contributed by atoms with Crippen LogP contribution in [-0.4, -0.2) is 22.2 Å². The Morgan fingerprint density at radius 1 is 1.43 bits per heavy atom. The van der Waals surface area contributed by atoms with E-state index in [4.69, 9.17) is 5.73 Å². The highest BCUT2D eigenvalue weighted by molar-refractivity contribution is 6.06. The van der Waals surface area contributed by atoms with Crippen LogP contribution in [0.2, 0.25) is 0 Å². The average Bonchev–Trinajstić information content (AvgIpc) is 2.74. The normalized spacial score (nSPS) is 9.90. The van der Waals surface area contributed by atoms with Crippen LogP contribution in [0, 0.1) is 25.7 Å². The molecule has 1 amide bonds. The van der Waals surface area contributed by atoms with Gasteiger partial charge in [0.05, 0.1) is 23.5 Å². The van der Waals surface area contributed by atoms with Crippen molar-refractivity contribution in [3.8, 4) is 11.8 Å². The zero-order valence-corrected chi connectivity index (χ0v) is 12.4. The van der Waals surface area contributed by atoms with Crippen molar-refractivity contribution in [2.45, 2.75) is 13.8 Å². The third-order valence-electron chi connectivity index (χ3n) is 3.01. The summed E-state index contributed by atoms with van der Waals surface area (Å²) in [6, 6.07) is 5.54. The van der Waals surface area contributed by atoms with Crippen LogP contribution >= 0.6 is 0 Å². The number of hydrogen-bond donors (Lipinski definition) is 2. The molecule has 1 aromatic carbocycles. The van der Waals surface area contributed by atoms with E-state index >= 15 is 0 Å². The molecule has 0 atom stereocenters. The molecular weight excluding hydrogens is 264 g/mol. The Balaban J connectivity index is 2.32. The Hall–Kier alpha value is -2.58. The van der Waals surface area contributed by atoms with Crippen LogP contribution in [0.15, 0.2) is 24.4 Å². The van der Waals surface area contributed by atoms with Gasteiger partial charge in [0.1, 0.15) is 0 Å². The number of rotatable bonds is 2. The summed E-state index contributed by atoms with van der Waals surface area (Å²) in [6.07, 6.45) is 1.77.